The maximum absolute atomic E-state index is 12.4. The van der Waals surface area contributed by atoms with Gasteiger partial charge in [0, 0.05) is 0 Å². The highest BCUT2D eigenvalue weighted by atomic mass is 19.2. The van der Waals surface area contributed by atoms with Crippen molar-refractivity contribution in [1.82, 2.24) is 0 Å². The first-order valence-corrected chi connectivity index (χ1v) is 3.07. The van der Waals surface area contributed by atoms with Crippen LogP contribution in [-0.2, 0) is 0 Å². The topological polar surface area (TPSA) is 0 Å². The van der Waals surface area contributed by atoms with E-state index in [1.165, 1.54) is 0 Å². The summed E-state index contributed by atoms with van der Waals surface area (Å²) in [6.07, 6.45) is -0.799. The highest BCUT2D eigenvalue weighted by Gasteiger charge is 2.54. The first-order chi connectivity index (χ1) is 3.79. The van der Waals surface area contributed by atoms with Gasteiger partial charge >= 0.3 is 0 Å². The molecule has 2 aliphatic carbocycles. The summed E-state index contributed by atoms with van der Waals surface area (Å²) in [5.41, 5.74) is 0. The Morgan fingerprint density at radius 2 is 1.88 bits per heavy atom. The van der Waals surface area contributed by atoms with Gasteiger partial charge in [-0.1, -0.05) is 0 Å². The summed E-state index contributed by atoms with van der Waals surface area (Å²) in [6, 6.07) is 0. The van der Waals surface area contributed by atoms with E-state index in [1.54, 1.807) is 0 Å². The summed E-state index contributed by atoms with van der Waals surface area (Å²) in [4.78, 5) is 0. The van der Waals surface area contributed by atoms with Crippen molar-refractivity contribution in [1.29, 1.82) is 0 Å². The molecule has 0 heterocycles. The summed E-state index contributed by atoms with van der Waals surface area (Å²) in [5, 5.41) is 0. The highest BCUT2D eigenvalue weighted by molar-refractivity contribution is 5.02. The normalized spacial score (nSPS) is 60.8. The Balaban J connectivity index is 2.08. The first kappa shape index (κ1) is 4.71. The Bertz CT molecular complexity index is 111. The van der Waals surface area contributed by atoms with E-state index in [1.807, 2.05) is 0 Å². The smallest absolute Gasteiger partial charge is 0.134 e. The van der Waals surface area contributed by atoms with E-state index in [0.717, 1.165) is 6.42 Å². The lowest BCUT2D eigenvalue weighted by Gasteiger charge is -2.02. The van der Waals surface area contributed by atoms with Crippen LogP contribution in [0.2, 0.25) is 0 Å². The number of hydrogen-bond acceptors (Lipinski definition) is 0. The lowest BCUT2D eigenvalue weighted by atomic mass is 10.2. The standard InChI is InChI=1S/C6H8F2/c7-5-2-3-1-4(3)6(5)8/h3-6H,1-2H2. The van der Waals surface area contributed by atoms with E-state index < -0.39 is 12.3 Å². The predicted molar refractivity (Wildman–Crippen MR) is 26.0 cm³/mol. The largest absolute Gasteiger partial charge is 0.244 e. The number of halogens is 2. The molecule has 2 saturated carbocycles. The van der Waals surface area contributed by atoms with Crippen molar-refractivity contribution in [3.8, 4) is 0 Å². The fraction of sp³-hybridized carbons (Fsp3) is 1.00. The molecule has 0 bridgehead atoms. The second kappa shape index (κ2) is 1.23. The first-order valence-electron chi connectivity index (χ1n) is 3.07. The minimum atomic E-state index is -1.13. The van der Waals surface area contributed by atoms with Crippen molar-refractivity contribution in [3.63, 3.8) is 0 Å². The molecule has 2 fully saturated rings. The summed E-state index contributed by atoms with van der Waals surface area (Å²) < 4.78 is 24.6. The molecule has 4 atom stereocenters. The van der Waals surface area contributed by atoms with Gasteiger partial charge in [0.2, 0.25) is 0 Å². The summed E-state index contributed by atoms with van der Waals surface area (Å²) in [5.74, 6) is 0.532. The van der Waals surface area contributed by atoms with Gasteiger partial charge in [0.1, 0.15) is 12.3 Å². The molecular formula is C6H8F2. The lowest BCUT2D eigenvalue weighted by Crippen LogP contribution is -2.12. The van der Waals surface area contributed by atoms with Crippen LogP contribution in [0.25, 0.3) is 0 Å². The van der Waals surface area contributed by atoms with Crippen LogP contribution in [0.15, 0.2) is 0 Å². The van der Waals surface area contributed by atoms with E-state index >= 15 is 0 Å². The van der Waals surface area contributed by atoms with Crippen molar-refractivity contribution in [2.24, 2.45) is 11.8 Å². The van der Waals surface area contributed by atoms with Crippen LogP contribution in [-0.4, -0.2) is 12.3 Å². The number of hydrogen-bond donors (Lipinski definition) is 0. The molecule has 0 spiro atoms. The third-order valence-corrected chi connectivity index (χ3v) is 2.26. The van der Waals surface area contributed by atoms with Gasteiger partial charge < -0.3 is 0 Å². The SMILES string of the molecule is FC1CC2CC2C1F. The van der Waals surface area contributed by atoms with Crippen LogP contribution in [0.1, 0.15) is 12.8 Å². The van der Waals surface area contributed by atoms with Crippen LogP contribution >= 0.6 is 0 Å². The minimum Gasteiger partial charge on any atom is -0.244 e. The van der Waals surface area contributed by atoms with Crippen LogP contribution in [0.4, 0.5) is 8.78 Å². The van der Waals surface area contributed by atoms with Gasteiger partial charge in [0.15, 0.2) is 0 Å². The van der Waals surface area contributed by atoms with Crippen molar-refractivity contribution < 1.29 is 8.78 Å². The number of rotatable bonds is 0. The van der Waals surface area contributed by atoms with Gasteiger partial charge in [-0.2, -0.15) is 0 Å². The van der Waals surface area contributed by atoms with Crippen molar-refractivity contribution in [2.45, 2.75) is 25.2 Å². The Hall–Kier alpha value is -0.140. The molecule has 0 N–H and O–H groups in total. The second-order valence-corrected chi connectivity index (χ2v) is 2.86. The molecule has 0 aromatic carbocycles. The maximum atomic E-state index is 12.4. The Morgan fingerprint density at radius 1 is 1.12 bits per heavy atom. The average Bonchev–Trinajstić information content (AvgIpc) is 2.39. The van der Waals surface area contributed by atoms with E-state index in [2.05, 4.69) is 0 Å². The van der Waals surface area contributed by atoms with Gasteiger partial charge in [-0.05, 0) is 24.7 Å². The van der Waals surface area contributed by atoms with Gasteiger partial charge in [-0.15, -0.1) is 0 Å². The number of alkyl halides is 2. The fourth-order valence-corrected chi connectivity index (χ4v) is 1.62. The fourth-order valence-electron chi connectivity index (χ4n) is 1.62. The molecule has 2 rings (SSSR count). The Labute approximate surface area is 46.9 Å². The van der Waals surface area contributed by atoms with Gasteiger partial charge in [0.05, 0.1) is 0 Å². The van der Waals surface area contributed by atoms with Gasteiger partial charge in [-0.25, -0.2) is 8.78 Å². The molecule has 0 aromatic heterocycles. The van der Waals surface area contributed by atoms with Crippen molar-refractivity contribution in [2.75, 3.05) is 0 Å². The highest BCUT2D eigenvalue weighted by Crippen LogP contribution is 2.54. The van der Waals surface area contributed by atoms with E-state index in [-0.39, 0.29) is 5.92 Å². The molecule has 0 aliphatic heterocycles. The van der Waals surface area contributed by atoms with Crippen molar-refractivity contribution >= 4 is 0 Å². The summed E-state index contributed by atoms with van der Waals surface area (Å²) >= 11 is 0. The minimum absolute atomic E-state index is 0.116. The molecule has 0 saturated heterocycles. The van der Waals surface area contributed by atoms with Gasteiger partial charge in [0.25, 0.3) is 0 Å². The van der Waals surface area contributed by atoms with Crippen LogP contribution < -0.4 is 0 Å². The third kappa shape index (κ3) is 0.434. The predicted octanol–water partition coefficient (Wildman–Crippen LogP) is 1.70. The van der Waals surface area contributed by atoms with E-state index in [4.69, 9.17) is 0 Å². The molecule has 2 heteroatoms. The molecule has 8 heavy (non-hydrogen) atoms. The van der Waals surface area contributed by atoms with E-state index in [0.29, 0.717) is 12.3 Å². The molecule has 0 radical (unpaired) electrons. The monoisotopic (exact) mass is 118 g/mol. The molecule has 46 valence electrons. The van der Waals surface area contributed by atoms with E-state index in [9.17, 15) is 8.78 Å². The zero-order valence-electron chi connectivity index (χ0n) is 4.48. The second-order valence-electron chi connectivity index (χ2n) is 2.86. The molecule has 4 unspecified atom stereocenters. The molecule has 0 aromatic rings. The average molecular weight is 118 g/mol. The lowest BCUT2D eigenvalue weighted by molar-refractivity contribution is 0.172. The quantitative estimate of drug-likeness (QED) is 0.454. The van der Waals surface area contributed by atoms with Gasteiger partial charge in [-0.3, -0.25) is 0 Å². The summed E-state index contributed by atoms with van der Waals surface area (Å²) in [6.45, 7) is 0. The summed E-state index contributed by atoms with van der Waals surface area (Å²) in [7, 11) is 0. The number of fused-ring (bicyclic) bond motifs is 1. The molecule has 0 amide bonds. The maximum Gasteiger partial charge on any atom is 0.134 e. The third-order valence-electron chi connectivity index (χ3n) is 2.26. The Kier molecular flexibility index (Phi) is 0.722. The van der Waals surface area contributed by atoms with Crippen LogP contribution in [0.5, 0.6) is 0 Å². The van der Waals surface area contributed by atoms with Crippen LogP contribution in [0.3, 0.4) is 0 Å². The molecule has 0 nitrogen and oxygen atoms in total. The molecular weight excluding hydrogens is 110 g/mol. The Morgan fingerprint density at radius 3 is 2.12 bits per heavy atom. The zero-order valence-corrected chi connectivity index (χ0v) is 4.48. The van der Waals surface area contributed by atoms with Crippen LogP contribution in [0, 0.1) is 11.8 Å². The van der Waals surface area contributed by atoms with Crippen molar-refractivity contribution in [3.05, 3.63) is 0 Å². The molecule has 2 aliphatic rings. The zero-order chi connectivity index (χ0) is 5.72.